The first-order chi connectivity index (χ1) is 15.3. The molecule has 1 atom stereocenters. The quantitative estimate of drug-likeness (QED) is 0.531. The van der Waals surface area contributed by atoms with Crippen molar-refractivity contribution in [2.45, 2.75) is 26.3 Å². The van der Waals surface area contributed by atoms with Crippen molar-refractivity contribution in [1.29, 1.82) is 0 Å². The zero-order valence-electron chi connectivity index (χ0n) is 17.5. The van der Waals surface area contributed by atoms with Crippen LogP contribution in [0.1, 0.15) is 38.0 Å². The van der Waals surface area contributed by atoms with Gasteiger partial charge in [0.15, 0.2) is 5.76 Å². The van der Waals surface area contributed by atoms with Crippen molar-refractivity contribution in [3.8, 4) is 0 Å². The largest absolute Gasteiger partial charge is 0.503 e. The van der Waals surface area contributed by atoms with Crippen molar-refractivity contribution < 1.29 is 24.6 Å². The van der Waals surface area contributed by atoms with E-state index in [0.717, 1.165) is 16.7 Å². The van der Waals surface area contributed by atoms with E-state index in [1.54, 1.807) is 41.8 Å². The van der Waals surface area contributed by atoms with Gasteiger partial charge in [-0.05, 0) is 54.1 Å². The highest BCUT2D eigenvalue weighted by Gasteiger charge is 2.45. The van der Waals surface area contributed by atoms with E-state index in [0.29, 0.717) is 16.1 Å². The minimum atomic E-state index is -0.953. The number of hydrogen-bond acceptors (Lipinski definition) is 5. The number of benzene rings is 2. The Labute approximate surface area is 189 Å². The fraction of sp³-hybridized carbons (Fsp3) is 0.160. The molecule has 2 aromatic carbocycles. The Morgan fingerprint density at radius 2 is 1.78 bits per heavy atom. The van der Waals surface area contributed by atoms with Gasteiger partial charge in [0.05, 0.1) is 22.9 Å². The average Bonchev–Trinajstić information content (AvgIpc) is 3.36. The van der Waals surface area contributed by atoms with Crippen LogP contribution in [0.2, 0.25) is 0 Å². The number of nitrogens with zero attached hydrogens (tertiary/aromatic N) is 1. The number of aliphatic carboxylic acids is 1. The number of aryl methyl sites for hydroxylation is 2. The molecule has 1 aromatic heterocycles. The molecule has 4 rings (SSSR count). The molecule has 2 heterocycles. The number of rotatable bonds is 6. The van der Waals surface area contributed by atoms with Crippen LogP contribution in [0.25, 0.3) is 0 Å². The van der Waals surface area contributed by atoms with E-state index in [1.165, 1.54) is 16.2 Å². The van der Waals surface area contributed by atoms with Gasteiger partial charge in [0.2, 0.25) is 5.78 Å². The minimum absolute atomic E-state index is 0.0408. The van der Waals surface area contributed by atoms with Crippen LogP contribution < -0.4 is 4.90 Å². The molecule has 0 spiro atoms. The highest BCUT2D eigenvalue weighted by atomic mass is 32.1. The second-order valence-corrected chi connectivity index (χ2v) is 8.69. The van der Waals surface area contributed by atoms with Crippen molar-refractivity contribution in [2.75, 3.05) is 4.90 Å². The van der Waals surface area contributed by atoms with Crippen LogP contribution >= 0.6 is 11.3 Å². The number of hydrogen-bond donors (Lipinski definition) is 2. The molecule has 1 amide bonds. The molecule has 1 aliphatic heterocycles. The molecule has 0 fully saturated rings. The summed E-state index contributed by atoms with van der Waals surface area (Å²) in [7, 11) is 0. The Morgan fingerprint density at radius 1 is 1.06 bits per heavy atom. The lowest BCUT2D eigenvalue weighted by molar-refractivity contribution is -0.136. The van der Waals surface area contributed by atoms with Gasteiger partial charge >= 0.3 is 5.97 Å². The summed E-state index contributed by atoms with van der Waals surface area (Å²) < 4.78 is 0. The zero-order chi connectivity index (χ0) is 23.0. The average molecular weight is 448 g/mol. The fourth-order valence-corrected chi connectivity index (χ4v) is 4.70. The van der Waals surface area contributed by atoms with Crippen LogP contribution in [0.5, 0.6) is 0 Å². The molecule has 1 aliphatic rings. The van der Waals surface area contributed by atoms with Crippen LogP contribution in [0.4, 0.5) is 5.69 Å². The fourth-order valence-electron chi connectivity index (χ4n) is 4.02. The number of carboxylic acid groups (broad SMARTS) is 1. The van der Waals surface area contributed by atoms with Gasteiger partial charge < -0.3 is 10.2 Å². The normalized spacial score (nSPS) is 16.0. The lowest BCUT2D eigenvalue weighted by Gasteiger charge is -2.28. The molecule has 32 heavy (non-hydrogen) atoms. The number of aliphatic hydroxyl groups excluding tert-OH is 1. The Hall–Kier alpha value is -3.71. The molecule has 2 N–H and O–H groups in total. The predicted molar refractivity (Wildman–Crippen MR) is 122 cm³/mol. The van der Waals surface area contributed by atoms with Gasteiger partial charge in [0.25, 0.3) is 5.91 Å². The van der Waals surface area contributed by atoms with Gasteiger partial charge in [-0.25, -0.2) is 0 Å². The zero-order valence-corrected chi connectivity index (χ0v) is 18.3. The number of carbonyl (C=O) groups is 3. The first-order valence-corrected chi connectivity index (χ1v) is 10.9. The van der Waals surface area contributed by atoms with Crippen LogP contribution in [-0.4, -0.2) is 27.9 Å². The molecule has 0 aliphatic carbocycles. The maximum Gasteiger partial charge on any atom is 0.307 e. The first kappa shape index (κ1) is 21.5. The Balaban J connectivity index is 1.85. The molecule has 3 aromatic rings. The van der Waals surface area contributed by atoms with Crippen molar-refractivity contribution in [3.63, 3.8) is 0 Å². The molecular weight excluding hydrogens is 426 g/mol. The highest BCUT2D eigenvalue weighted by molar-refractivity contribution is 7.12. The molecule has 0 bridgehead atoms. The molecule has 6 nitrogen and oxygen atoms in total. The van der Waals surface area contributed by atoms with E-state index < -0.39 is 23.7 Å². The first-order valence-electron chi connectivity index (χ1n) is 10.0. The lowest BCUT2D eigenvalue weighted by Crippen LogP contribution is -2.31. The summed E-state index contributed by atoms with van der Waals surface area (Å²) in [5, 5.41) is 21.6. The molecule has 0 saturated carbocycles. The van der Waals surface area contributed by atoms with Crippen LogP contribution in [0, 0.1) is 13.8 Å². The molecule has 1 unspecified atom stereocenters. The number of carbonyl (C=O) groups excluding carboxylic acids is 2. The second kappa shape index (κ2) is 8.43. The second-order valence-electron chi connectivity index (χ2n) is 7.74. The number of ketones is 1. The maximum absolute atomic E-state index is 13.3. The maximum atomic E-state index is 13.3. The number of Topliss-reactive ketones (excluding diaryl/α,β-unsaturated/α-hetero) is 1. The van der Waals surface area contributed by atoms with E-state index in [-0.39, 0.29) is 17.8 Å². The summed E-state index contributed by atoms with van der Waals surface area (Å²) in [6, 6.07) is 14.9. The molecule has 0 saturated heterocycles. The summed E-state index contributed by atoms with van der Waals surface area (Å²) in [6.07, 6.45) is -0.139. The van der Waals surface area contributed by atoms with Crippen LogP contribution in [-0.2, 0) is 16.0 Å². The smallest absolute Gasteiger partial charge is 0.307 e. The predicted octanol–water partition coefficient (Wildman–Crippen LogP) is 4.77. The van der Waals surface area contributed by atoms with E-state index in [9.17, 15) is 19.5 Å². The standard InChI is InChI=1S/C25H21NO5S/c1-14-5-10-18(15(2)12-14)22-21(23(29)19-4-3-11-32-19)24(30)25(31)26(22)17-8-6-16(7-9-17)13-20(27)28/h3-12,22,30H,13H2,1-2H3,(H,27,28). The monoisotopic (exact) mass is 447 g/mol. The van der Waals surface area contributed by atoms with E-state index in [4.69, 9.17) is 5.11 Å². The lowest BCUT2D eigenvalue weighted by atomic mass is 9.91. The Kier molecular flexibility index (Phi) is 5.67. The minimum Gasteiger partial charge on any atom is -0.503 e. The Morgan fingerprint density at radius 3 is 2.38 bits per heavy atom. The van der Waals surface area contributed by atoms with Crippen molar-refractivity contribution in [1.82, 2.24) is 0 Å². The number of thiophene rings is 1. The van der Waals surface area contributed by atoms with Crippen molar-refractivity contribution in [3.05, 3.63) is 98.4 Å². The van der Waals surface area contributed by atoms with Gasteiger partial charge in [-0.15, -0.1) is 11.3 Å². The number of aliphatic hydroxyl groups is 1. The molecular formula is C25H21NO5S. The summed E-state index contributed by atoms with van der Waals surface area (Å²) in [4.78, 5) is 39.4. The SMILES string of the molecule is Cc1ccc(C2C(C(=O)c3cccs3)=C(O)C(=O)N2c2ccc(CC(=O)O)cc2)c(C)c1. The van der Waals surface area contributed by atoms with E-state index in [1.807, 2.05) is 32.0 Å². The molecule has 0 radical (unpaired) electrons. The van der Waals surface area contributed by atoms with Crippen molar-refractivity contribution >= 4 is 34.7 Å². The third kappa shape index (κ3) is 3.83. The van der Waals surface area contributed by atoms with Gasteiger partial charge in [0.1, 0.15) is 0 Å². The van der Waals surface area contributed by atoms with Crippen molar-refractivity contribution in [2.24, 2.45) is 0 Å². The summed E-state index contributed by atoms with van der Waals surface area (Å²) in [5.41, 5.74) is 3.76. The third-order valence-electron chi connectivity index (χ3n) is 5.49. The third-order valence-corrected chi connectivity index (χ3v) is 6.36. The number of carboxylic acids is 1. The van der Waals surface area contributed by atoms with Gasteiger partial charge in [-0.3, -0.25) is 19.3 Å². The van der Waals surface area contributed by atoms with Crippen LogP contribution in [0.15, 0.2) is 71.3 Å². The number of amides is 1. The van der Waals surface area contributed by atoms with E-state index in [2.05, 4.69) is 0 Å². The van der Waals surface area contributed by atoms with Gasteiger partial charge in [-0.2, -0.15) is 0 Å². The highest BCUT2D eigenvalue weighted by Crippen LogP contribution is 2.43. The number of anilines is 1. The van der Waals surface area contributed by atoms with Crippen LogP contribution in [0.3, 0.4) is 0 Å². The molecule has 162 valence electrons. The summed E-state index contributed by atoms with van der Waals surface area (Å²) in [6.45, 7) is 3.87. The summed E-state index contributed by atoms with van der Waals surface area (Å²) in [5.74, 6) is -2.57. The van der Waals surface area contributed by atoms with E-state index >= 15 is 0 Å². The topological polar surface area (TPSA) is 94.9 Å². The summed E-state index contributed by atoms with van der Waals surface area (Å²) >= 11 is 1.25. The van der Waals surface area contributed by atoms with Gasteiger partial charge in [-0.1, -0.05) is 42.0 Å². The molecule has 7 heteroatoms. The Bertz CT molecular complexity index is 1240. The van der Waals surface area contributed by atoms with Gasteiger partial charge in [0, 0.05) is 5.69 Å².